The van der Waals surface area contributed by atoms with E-state index in [-0.39, 0.29) is 0 Å². The first kappa shape index (κ1) is 20.1. The van der Waals surface area contributed by atoms with Crippen LogP contribution in [0.4, 0.5) is 13.2 Å². The molecule has 1 aromatic heterocycles. The van der Waals surface area contributed by atoms with Gasteiger partial charge in [0.05, 0.1) is 24.8 Å². The number of aromatic nitrogens is 1. The van der Waals surface area contributed by atoms with Gasteiger partial charge in [-0.15, -0.1) is 0 Å². The van der Waals surface area contributed by atoms with Gasteiger partial charge in [-0.1, -0.05) is 30.3 Å². The normalized spacial score (nSPS) is 16.5. The zero-order valence-electron chi connectivity index (χ0n) is 15.0. The quantitative estimate of drug-likeness (QED) is 0.814. The van der Waals surface area contributed by atoms with E-state index in [0.717, 1.165) is 5.56 Å². The van der Waals surface area contributed by atoms with Crippen molar-refractivity contribution in [2.24, 2.45) is 0 Å². The Bertz CT molecular complexity index is 862. The molecular weight excluding hydrogens is 375 g/mol. The first-order chi connectivity index (χ1) is 13.3. The summed E-state index contributed by atoms with van der Waals surface area (Å²) in [6.07, 6.45) is -4.10. The van der Waals surface area contributed by atoms with Crippen LogP contribution in [0.3, 0.4) is 0 Å². The Morgan fingerprint density at radius 2 is 1.89 bits per heavy atom. The van der Waals surface area contributed by atoms with Crippen LogP contribution >= 0.6 is 0 Å². The molecule has 0 radical (unpaired) electrons. The average Bonchev–Trinajstić information content (AvgIpc) is 2.68. The molecule has 1 atom stereocenters. The predicted octanol–water partition coefficient (Wildman–Crippen LogP) is 2.20. The van der Waals surface area contributed by atoms with E-state index in [1.807, 2.05) is 35.3 Å². The Balaban J connectivity index is 1.84. The van der Waals surface area contributed by atoms with Crippen molar-refractivity contribution in [1.82, 2.24) is 15.2 Å². The number of carbonyl (C=O) groups excluding carboxylic acids is 1. The minimum absolute atomic E-state index is 0.454. The number of aromatic amines is 1. The van der Waals surface area contributed by atoms with Crippen molar-refractivity contribution in [3.05, 3.63) is 69.6 Å². The number of carbonyl (C=O) groups is 1. The third-order valence-corrected chi connectivity index (χ3v) is 4.53. The number of alkyl halides is 3. The van der Waals surface area contributed by atoms with E-state index >= 15 is 0 Å². The number of hydrogen-bond donors (Lipinski definition) is 2. The zero-order chi connectivity index (χ0) is 20.1. The first-order valence-corrected chi connectivity index (χ1v) is 8.80. The van der Waals surface area contributed by atoms with E-state index in [0.29, 0.717) is 45.1 Å². The summed E-state index contributed by atoms with van der Waals surface area (Å²) >= 11 is 0. The maximum Gasteiger partial charge on any atom is 0.417 e. The second kappa shape index (κ2) is 8.57. The fourth-order valence-electron chi connectivity index (χ4n) is 3.01. The fraction of sp³-hybridized carbons (Fsp3) is 0.368. The van der Waals surface area contributed by atoms with Gasteiger partial charge in [0.15, 0.2) is 0 Å². The largest absolute Gasteiger partial charge is 0.417 e. The highest BCUT2D eigenvalue weighted by molar-refractivity contribution is 5.94. The van der Waals surface area contributed by atoms with Gasteiger partial charge in [-0.2, -0.15) is 13.2 Å². The SMILES string of the molecule is O=C(NC(CN1CCOCC1)c1ccccc1)c1cc(C(F)(F)F)c[nH]c1=O. The summed E-state index contributed by atoms with van der Waals surface area (Å²) < 4.78 is 44.1. The molecule has 9 heteroatoms. The monoisotopic (exact) mass is 395 g/mol. The Morgan fingerprint density at radius 3 is 2.54 bits per heavy atom. The second-order valence-electron chi connectivity index (χ2n) is 6.48. The van der Waals surface area contributed by atoms with E-state index in [4.69, 9.17) is 4.74 Å². The molecule has 2 heterocycles. The number of amides is 1. The van der Waals surface area contributed by atoms with Gasteiger partial charge in [0, 0.05) is 25.8 Å². The van der Waals surface area contributed by atoms with Crippen molar-refractivity contribution in [3.63, 3.8) is 0 Å². The van der Waals surface area contributed by atoms with Crippen LogP contribution < -0.4 is 10.9 Å². The maximum atomic E-state index is 12.9. The summed E-state index contributed by atoms with van der Waals surface area (Å²) in [7, 11) is 0. The molecule has 2 N–H and O–H groups in total. The third-order valence-electron chi connectivity index (χ3n) is 4.53. The molecule has 3 rings (SSSR count). The molecule has 0 bridgehead atoms. The molecular formula is C19H20F3N3O3. The van der Waals surface area contributed by atoms with Gasteiger partial charge in [0.1, 0.15) is 5.56 Å². The van der Waals surface area contributed by atoms with Gasteiger partial charge in [0.2, 0.25) is 0 Å². The number of hydrogen-bond acceptors (Lipinski definition) is 4. The highest BCUT2D eigenvalue weighted by Crippen LogP contribution is 2.28. The molecule has 1 aliphatic heterocycles. The summed E-state index contributed by atoms with van der Waals surface area (Å²) in [6, 6.07) is 9.18. The molecule has 150 valence electrons. The van der Waals surface area contributed by atoms with Crippen molar-refractivity contribution in [2.45, 2.75) is 12.2 Å². The summed E-state index contributed by atoms with van der Waals surface area (Å²) in [5.74, 6) is -0.852. The Kier molecular flexibility index (Phi) is 6.15. The van der Waals surface area contributed by atoms with Crippen LogP contribution in [0.1, 0.15) is 27.5 Å². The third kappa shape index (κ3) is 4.99. The van der Waals surface area contributed by atoms with Crippen LogP contribution in [-0.2, 0) is 10.9 Å². The summed E-state index contributed by atoms with van der Waals surface area (Å²) in [5.41, 5.74) is -1.73. The zero-order valence-corrected chi connectivity index (χ0v) is 15.0. The Labute approximate surface area is 159 Å². The number of nitrogens with one attached hydrogen (secondary N) is 2. The van der Waals surface area contributed by atoms with Crippen LogP contribution in [0.25, 0.3) is 0 Å². The molecule has 1 unspecified atom stereocenters. The lowest BCUT2D eigenvalue weighted by atomic mass is 10.1. The summed E-state index contributed by atoms with van der Waals surface area (Å²) in [5, 5.41) is 2.71. The number of H-pyrrole nitrogens is 1. The predicted molar refractivity (Wildman–Crippen MR) is 96.0 cm³/mol. The van der Waals surface area contributed by atoms with Crippen LogP contribution in [-0.4, -0.2) is 48.6 Å². The van der Waals surface area contributed by atoms with Crippen molar-refractivity contribution in [2.75, 3.05) is 32.8 Å². The van der Waals surface area contributed by atoms with Crippen molar-refractivity contribution in [1.29, 1.82) is 0 Å². The van der Waals surface area contributed by atoms with Crippen molar-refractivity contribution < 1.29 is 22.7 Å². The second-order valence-corrected chi connectivity index (χ2v) is 6.48. The Hall–Kier alpha value is -2.65. The molecule has 1 aliphatic rings. The summed E-state index contributed by atoms with van der Waals surface area (Å²) in [6.45, 7) is 2.97. The Morgan fingerprint density at radius 1 is 1.21 bits per heavy atom. The molecule has 28 heavy (non-hydrogen) atoms. The molecule has 0 saturated carbocycles. The van der Waals surface area contributed by atoms with Gasteiger partial charge in [-0.3, -0.25) is 14.5 Å². The molecule has 2 aromatic rings. The van der Waals surface area contributed by atoms with E-state index in [1.165, 1.54) is 0 Å². The lowest BCUT2D eigenvalue weighted by molar-refractivity contribution is -0.137. The van der Waals surface area contributed by atoms with Gasteiger partial charge in [-0.05, 0) is 11.6 Å². The molecule has 1 amide bonds. The number of nitrogens with zero attached hydrogens (tertiary/aromatic N) is 1. The van der Waals surface area contributed by atoms with Gasteiger partial charge >= 0.3 is 6.18 Å². The fourth-order valence-corrected chi connectivity index (χ4v) is 3.01. The van der Waals surface area contributed by atoms with Gasteiger partial charge in [-0.25, -0.2) is 0 Å². The smallest absolute Gasteiger partial charge is 0.379 e. The lowest BCUT2D eigenvalue weighted by Crippen LogP contribution is -2.43. The number of ether oxygens (including phenoxy) is 1. The lowest BCUT2D eigenvalue weighted by Gasteiger charge is -2.31. The molecule has 1 saturated heterocycles. The standard InChI is InChI=1S/C19H20F3N3O3/c20-19(21,22)14-10-15(17(26)23-11-14)18(27)24-16(13-4-2-1-3-5-13)12-25-6-8-28-9-7-25/h1-5,10-11,16H,6-9,12H2,(H,23,26)(H,24,27). The number of rotatable bonds is 5. The number of pyridine rings is 1. The highest BCUT2D eigenvalue weighted by atomic mass is 19.4. The van der Waals surface area contributed by atoms with Crippen LogP contribution in [0.15, 0.2) is 47.4 Å². The highest BCUT2D eigenvalue weighted by Gasteiger charge is 2.32. The van der Waals surface area contributed by atoms with Crippen LogP contribution in [0.2, 0.25) is 0 Å². The maximum absolute atomic E-state index is 12.9. The molecule has 1 aromatic carbocycles. The van der Waals surface area contributed by atoms with Crippen LogP contribution in [0.5, 0.6) is 0 Å². The first-order valence-electron chi connectivity index (χ1n) is 8.80. The summed E-state index contributed by atoms with van der Waals surface area (Å²) in [4.78, 5) is 28.6. The van der Waals surface area contributed by atoms with Crippen molar-refractivity contribution in [3.8, 4) is 0 Å². The number of halogens is 3. The van der Waals surface area contributed by atoms with Crippen LogP contribution in [0, 0.1) is 0 Å². The van der Waals surface area contributed by atoms with E-state index in [2.05, 4.69) is 10.2 Å². The molecule has 1 fully saturated rings. The molecule has 6 nitrogen and oxygen atoms in total. The molecule has 0 spiro atoms. The van der Waals surface area contributed by atoms with Crippen molar-refractivity contribution >= 4 is 5.91 Å². The topological polar surface area (TPSA) is 74.4 Å². The molecule has 0 aliphatic carbocycles. The number of morpholine rings is 1. The van der Waals surface area contributed by atoms with Gasteiger partial charge < -0.3 is 15.0 Å². The average molecular weight is 395 g/mol. The number of benzene rings is 1. The van der Waals surface area contributed by atoms with Gasteiger partial charge in [0.25, 0.3) is 11.5 Å². The minimum Gasteiger partial charge on any atom is -0.379 e. The minimum atomic E-state index is -4.66. The van der Waals surface area contributed by atoms with E-state index in [1.54, 1.807) is 0 Å². The van der Waals surface area contributed by atoms with E-state index in [9.17, 15) is 22.8 Å². The van der Waals surface area contributed by atoms with E-state index < -0.39 is 34.8 Å².